The Morgan fingerprint density at radius 2 is 1.38 bits per heavy atom. The lowest BCUT2D eigenvalue weighted by atomic mass is 10.0. The van der Waals surface area contributed by atoms with Crippen LogP contribution in [-0.4, -0.2) is 43.7 Å². The number of hydrogen-bond acceptors (Lipinski definition) is 4. The quantitative estimate of drug-likeness (QED) is 0.464. The number of carbonyl (C=O) groups is 2. The Labute approximate surface area is 200 Å². The average molecular weight is 480 g/mol. The lowest BCUT2D eigenvalue weighted by Crippen LogP contribution is -2.45. The first-order valence-electron chi connectivity index (χ1n) is 11.2. The maximum atomic E-state index is 13.1. The second kappa shape index (κ2) is 11.6. The third-order valence-electron chi connectivity index (χ3n) is 5.41. The molecule has 0 bridgehead atoms. The molecule has 0 saturated heterocycles. The lowest BCUT2D eigenvalue weighted by molar-refractivity contribution is -0.118. The van der Waals surface area contributed by atoms with E-state index in [2.05, 4.69) is 10.6 Å². The molecule has 0 spiro atoms. The van der Waals surface area contributed by atoms with Gasteiger partial charge in [0.15, 0.2) is 0 Å². The molecule has 0 saturated carbocycles. The summed E-state index contributed by atoms with van der Waals surface area (Å²) in [6.45, 7) is 4.32. The van der Waals surface area contributed by atoms with E-state index in [-0.39, 0.29) is 10.8 Å². The summed E-state index contributed by atoms with van der Waals surface area (Å²) in [5.74, 6) is -0.746. The van der Waals surface area contributed by atoms with E-state index in [1.807, 2.05) is 36.4 Å². The number of benzene rings is 3. The van der Waals surface area contributed by atoms with Crippen LogP contribution in [0.2, 0.25) is 0 Å². The Hall–Kier alpha value is -3.49. The lowest BCUT2D eigenvalue weighted by Gasteiger charge is -2.20. The molecule has 2 amide bonds. The summed E-state index contributed by atoms with van der Waals surface area (Å²) in [5, 5.41) is 5.61. The number of sulfonamides is 1. The van der Waals surface area contributed by atoms with Crippen molar-refractivity contribution in [2.75, 3.05) is 18.4 Å². The SMILES string of the molecule is CCN(CC)S(=O)(=O)c1ccc(NC(=O)C(Cc2ccccc2)NC(=O)c2ccccc2)cc1. The summed E-state index contributed by atoms with van der Waals surface area (Å²) in [7, 11) is -3.59. The first-order chi connectivity index (χ1) is 16.3. The molecule has 0 aromatic heterocycles. The zero-order valence-electron chi connectivity index (χ0n) is 19.3. The highest BCUT2D eigenvalue weighted by atomic mass is 32.2. The van der Waals surface area contributed by atoms with Gasteiger partial charge in [0, 0.05) is 30.8 Å². The first-order valence-corrected chi connectivity index (χ1v) is 12.6. The molecule has 3 aromatic carbocycles. The van der Waals surface area contributed by atoms with E-state index < -0.39 is 22.0 Å². The topological polar surface area (TPSA) is 95.6 Å². The second-order valence-corrected chi connectivity index (χ2v) is 9.62. The van der Waals surface area contributed by atoms with Crippen LogP contribution in [0.25, 0.3) is 0 Å². The number of rotatable bonds is 10. The van der Waals surface area contributed by atoms with Crippen molar-refractivity contribution in [1.82, 2.24) is 9.62 Å². The summed E-state index contributed by atoms with van der Waals surface area (Å²) in [6, 6.07) is 23.3. The maximum Gasteiger partial charge on any atom is 0.251 e. The van der Waals surface area contributed by atoms with Gasteiger partial charge in [0.2, 0.25) is 15.9 Å². The van der Waals surface area contributed by atoms with Gasteiger partial charge in [-0.3, -0.25) is 9.59 Å². The predicted molar refractivity (Wildman–Crippen MR) is 133 cm³/mol. The molecule has 1 atom stereocenters. The molecule has 8 heteroatoms. The third kappa shape index (κ3) is 6.30. The van der Waals surface area contributed by atoms with Crippen LogP contribution in [0, 0.1) is 0 Å². The molecule has 3 aromatic rings. The summed E-state index contributed by atoms with van der Waals surface area (Å²) in [5.41, 5.74) is 1.80. The molecule has 1 unspecified atom stereocenters. The van der Waals surface area contributed by atoms with Gasteiger partial charge in [0.1, 0.15) is 6.04 Å². The molecule has 34 heavy (non-hydrogen) atoms. The van der Waals surface area contributed by atoms with Crippen molar-refractivity contribution in [2.24, 2.45) is 0 Å². The molecule has 7 nitrogen and oxygen atoms in total. The van der Waals surface area contributed by atoms with E-state index in [0.717, 1.165) is 5.56 Å². The molecule has 3 rings (SSSR count). The smallest absolute Gasteiger partial charge is 0.251 e. The molecule has 0 fully saturated rings. The minimum Gasteiger partial charge on any atom is -0.340 e. The number of nitrogens with one attached hydrogen (secondary N) is 2. The average Bonchev–Trinajstić information content (AvgIpc) is 2.85. The van der Waals surface area contributed by atoms with Crippen molar-refractivity contribution in [1.29, 1.82) is 0 Å². The van der Waals surface area contributed by atoms with Gasteiger partial charge in [-0.15, -0.1) is 0 Å². The fourth-order valence-corrected chi connectivity index (χ4v) is 5.00. The number of carbonyl (C=O) groups excluding carboxylic acids is 2. The Morgan fingerprint density at radius 3 is 1.94 bits per heavy atom. The largest absolute Gasteiger partial charge is 0.340 e. The molecule has 0 radical (unpaired) electrons. The third-order valence-corrected chi connectivity index (χ3v) is 7.47. The molecule has 0 aliphatic heterocycles. The Bertz CT molecular complexity index is 1190. The minimum absolute atomic E-state index is 0.160. The van der Waals surface area contributed by atoms with Crippen molar-refractivity contribution in [2.45, 2.75) is 31.2 Å². The Balaban J connectivity index is 1.77. The Kier molecular flexibility index (Phi) is 8.56. The van der Waals surface area contributed by atoms with Crippen LogP contribution in [0.5, 0.6) is 0 Å². The van der Waals surface area contributed by atoms with Crippen molar-refractivity contribution in [3.05, 3.63) is 96.1 Å². The summed E-state index contributed by atoms with van der Waals surface area (Å²) in [6.07, 6.45) is 0.305. The van der Waals surface area contributed by atoms with E-state index in [1.54, 1.807) is 50.2 Å². The second-order valence-electron chi connectivity index (χ2n) is 7.68. The van der Waals surface area contributed by atoms with E-state index in [0.29, 0.717) is 30.8 Å². The van der Waals surface area contributed by atoms with Crippen LogP contribution in [0.4, 0.5) is 5.69 Å². The highest BCUT2D eigenvalue weighted by Crippen LogP contribution is 2.19. The van der Waals surface area contributed by atoms with Gasteiger partial charge in [-0.1, -0.05) is 62.4 Å². The molecule has 2 N–H and O–H groups in total. The van der Waals surface area contributed by atoms with Gasteiger partial charge in [0.25, 0.3) is 5.91 Å². The summed E-state index contributed by atoms with van der Waals surface area (Å²) in [4.78, 5) is 26.0. The number of amides is 2. The summed E-state index contributed by atoms with van der Waals surface area (Å²) >= 11 is 0. The molecule has 0 heterocycles. The van der Waals surface area contributed by atoms with Crippen LogP contribution in [0.3, 0.4) is 0 Å². The zero-order valence-corrected chi connectivity index (χ0v) is 20.1. The van der Waals surface area contributed by atoms with Gasteiger partial charge in [0.05, 0.1) is 4.90 Å². The normalized spacial score (nSPS) is 12.2. The standard InChI is InChI=1S/C26H29N3O4S/c1-3-29(4-2)34(32,33)23-17-15-22(16-18-23)27-26(31)24(19-20-11-7-5-8-12-20)28-25(30)21-13-9-6-10-14-21/h5-18,24H,3-4,19H2,1-2H3,(H,27,31)(H,28,30). The molecular formula is C26H29N3O4S. The van der Waals surface area contributed by atoms with Crippen LogP contribution in [-0.2, 0) is 21.2 Å². The highest BCUT2D eigenvalue weighted by molar-refractivity contribution is 7.89. The van der Waals surface area contributed by atoms with Gasteiger partial charge in [-0.25, -0.2) is 8.42 Å². The van der Waals surface area contributed by atoms with Gasteiger partial charge >= 0.3 is 0 Å². The fraction of sp³-hybridized carbons (Fsp3) is 0.231. The fourth-order valence-electron chi connectivity index (χ4n) is 3.54. The number of hydrogen-bond donors (Lipinski definition) is 2. The van der Waals surface area contributed by atoms with Gasteiger partial charge in [-0.05, 0) is 42.0 Å². The van der Waals surface area contributed by atoms with Gasteiger partial charge < -0.3 is 10.6 Å². The number of anilines is 1. The van der Waals surface area contributed by atoms with Crippen LogP contribution in [0.15, 0.2) is 89.8 Å². The van der Waals surface area contributed by atoms with Gasteiger partial charge in [-0.2, -0.15) is 4.31 Å². The highest BCUT2D eigenvalue weighted by Gasteiger charge is 2.24. The van der Waals surface area contributed by atoms with Crippen molar-refractivity contribution in [3.8, 4) is 0 Å². The van der Waals surface area contributed by atoms with E-state index in [1.165, 1.54) is 16.4 Å². The molecule has 0 aliphatic carbocycles. The monoisotopic (exact) mass is 479 g/mol. The van der Waals surface area contributed by atoms with E-state index >= 15 is 0 Å². The zero-order chi connectivity index (χ0) is 24.6. The van der Waals surface area contributed by atoms with Crippen LogP contribution in [0.1, 0.15) is 29.8 Å². The van der Waals surface area contributed by atoms with Crippen molar-refractivity contribution >= 4 is 27.5 Å². The van der Waals surface area contributed by atoms with E-state index in [9.17, 15) is 18.0 Å². The van der Waals surface area contributed by atoms with Crippen molar-refractivity contribution < 1.29 is 18.0 Å². The summed E-state index contributed by atoms with van der Waals surface area (Å²) < 4.78 is 26.7. The van der Waals surface area contributed by atoms with Crippen LogP contribution < -0.4 is 10.6 Å². The molecule has 0 aliphatic rings. The van der Waals surface area contributed by atoms with E-state index in [4.69, 9.17) is 0 Å². The first kappa shape index (κ1) is 25.1. The van der Waals surface area contributed by atoms with Crippen molar-refractivity contribution in [3.63, 3.8) is 0 Å². The van der Waals surface area contributed by atoms with Crippen LogP contribution >= 0.6 is 0 Å². The maximum absolute atomic E-state index is 13.1. The Morgan fingerprint density at radius 1 is 0.824 bits per heavy atom. The molecule has 178 valence electrons. The minimum atomic E-state index is -3.59. The number of nitrogens with zero attached hydrogens (tertiary/aromatic N) is 1. The molecular weight excluding hydrogens is 450 g/mol. The predicted octanol–water partition coefficient (Wildman–Crippen LogP) is 3.70.